The van der Waals surface area contributed by atoms with E-state index in [9.17, 15) is 9.59 Å². The van der Waals surface area contributed by atoms with Crippen LogP contribution in [0.25, 0.3) is 0 Å². The summed E-state index contributed by atoms with van der Waals surface area (Å²) < 4.78 is 5.73. The van der Waals surface area contributed by atoms with Gasteiger partial charge in [0.2, 0.25) is 0 Å². The fourth-order valence-corrected chi connectivity index (χ4v) is 3.50. The van der Waals surface area contributed by atoms with E-state index >= 15 is 0 Å². The van der Waals surface area contributed by atoms with E-state index in [1.165, 1.54) is 0 Å². The van der Waals surface area contributed by atoms with E-state index in [1.54, 1.807) is 42.5 Å². The first-order valence-electron chi connectivity index (χ1n) is 11.8. The number of rotatable bonds is 9. The zero-order valence-electron chi connectivity index (χ0n) is 20.3. The highest BCUT2D eigenvalue weighted by Crippen LogP contribution is 2.22. The van der Waals surface area contributed by atoms with Crippen molar-refractivity contribution >= 4 is 34.6 Å². The zero-order chi connectivity index (χ0) is 25.3. The Balaban J connectivity index is 1.42. The van der Waals surface area contributed by atoms with Crippen LogP contribution < -0.4 is 20.7 Å². The number of hydrogen-bond donors (Lipinski definition) is 3. The first-order valence-corrected chi connectivity index (χ1v) is 11.8. The van der Waals surface area contributed by atoms with Gasteiger partial charge in [0.05, 0.1) is 17.9 Å². The molecule has 2 amide bonds. The van der Waals surface area contributed by atoms with Gasteiger partial charge in [-0.15, -0.1) is 0 Å². The molecule has 0 bridgehead atoms. The van der Waals surface area contributed by atoms with Crippen molar-refractivity contribution in [2.24, 2.45) is 5.92 Å². The third-order valence-electron chi connectivity index (χ3n) is 5.30. The lowest BCUT2D eigenvalue weighted by Crippen LogP contribution is -2.18. The van der Waals surface area contributed by atoms with Crippen molar-refractivity contribution in [1.29, 1.82) is 0 Å². The molecule has 182 valence electrons. The van der Waals surface area contributed by atoms with Gasteiger partial charge < -0.3 is 20.7 Å². The second-order valence-corrected chi connectivity index (χ2v) is 8.75. The number of para-hydroxylation sites is 2. The van der Waals surface area contributed by atoms with Crippen LogP contribution in [-0.2, 0) is 0 Å². The number of nitrogens with one attached hydrogen (secondary N) is 3. The summed E-state index contributed by atoms with van der Waals surface area (Å²) in [5.41, 5.74) is 3.78. The number of carbonyl (C=O) groups excluding carboxylic acids is 2. The number of amides is 2. The van der Waals surface area contributed by atoms with Crippen LogP contribution in [0, 0.1) is 5.92 Å². The Hall–Kier alpha value is -4.58. The SMILES string of the molecule is CC(C)COc1cccc(C(=O)Nc2ccccc2C(=O)Nc2ccc(Nc3ccccc3)cc2)c1. The van der Waals surface area contributed by atoms with Crippen molar-refractivity contribution in [2.75, 3.05) is 22.6 Å². The summed E-state index contributed by atoms with van der Waals surface area (Å²) in [6.45, 7) is 4.69. The second kappa shape index (κ2) is 11.7. The van der Waals surface area contributed by atoms with Gasteiger partial charge in [-0.25, -0.2) is 0 Å². The molecule has 0 aliphatic heterocycles. The number of ether oxygens (including phenoxy) is 1. The fourth-order valence-electron chi connectivity index (χ4n) is 3.50. The van der Waals surface area contributed by atoms with Crippen molar-refractivity contribution in [2.45, 2.75) is 13.8 Å². The van der Waals surface area contributed by atoms with E-state index in [0.29, 0.717) is 40.8 Å². The van der Waals surface area contributed by atoms with E-state index < -0.39 is 0 Å². The summed E-state index contributed by atoms with van der Waals surface area (Å²) in [7, 11) is 0. The first kappa shape index (κ1) is 24.5. The lowest BCUT2D eigenvalue weighted by molar-refractivity contribution is 0.102. The van der Waals surface area contributed by atoms with Crippen LogP contribution in [0.2, 0.25) is 0 Å². The summed E-state index contributed by atoms with van der Waals surface area (Å²) in [5, 5.41) is 9.07. The van der Waals surface area contributed by atoms with Crippen molar-refractivity contribution in [3.8, 4) is 5.75 Å². The summed E-state index contributed by atoms with van der Waals surface area (Å²) >= 11 is 0. The van der Waals surface area contributed by atoms with E-state index in [-0.39, 0.29) is 11.8 Å². The molecule has 0 atom stereocenters. The first-order chi connectivity index (χ1) is 17.5. The Bertz CT molecular complexity index is 1320. The smallest absolute Gasteiger partial charge is 0.257 e. The minimum atomic E-state index is -0.318. The number of benzene rings is 4. The van der Waals surface area contributed by atoms with Crippen LogP contribution in [0.3, 0.4) is 0 Å². The van der Waals surface area contributed by atoms with Crippen LogP contribution in [-0.4, -0.2) is 18.4 Å². The molecular weight excluding hydrogens is 450 g/mol. The molecule has 0 heterocycles. The van der Waals surface area contributed by atoms with Crippen LogP contribution in [0.5, 0.6) is 5.75 Å². The molecule has 0 spiro atoms. The zero-order valence-corrected chi connectivity index (χ0v) is 20.3. The molecule has 4 aromatic carbocycles. The quantitative estimate of drug-likeness (QED) is 0.242. The van der Waals surface area contributed by atoms with Crippen LogP contribution in [0.1, 0.15) is 34.6 Å². The van der Waals surface area contributed by atoms with E-state index in [4.69, 9.17) is 4.74 Å². The third kappa shape index (κ3) is 6.73. The lowest BCUT2D eigenvalue weighted by Gasteiger charge is -2.13. The number of hydrogen-bond acceptors (Lipinski definition) is 4. The maximum absolute atomic E-state index is 13.0. The highest BCUT2D eigenvalue weighted by atomic mass is 16.5. The Labute approximate surface area is 211 Å². The van der Waals surface area contributed by atoms with Crippen LogP contribution >= 0.6 is 0 Å². The summed E-state index contributed by atoms with van der Waals surface area (Å²) in [6.07, 6.45) is 0. The highest BCUT2D eigenvalue weighted by molar-refractivity contribution is 6.12. The summed E-state index contributed by atoms with van der Waals surface area (Å²) in [4.78, 5) is 26.0. The largest absolute Gasteiger partial charge is 0.493 e. The van der Waals surface area contributed by atoms with Gasteiger partial charge in [-0.05, 0) is 72.6 Å². The van der Waals surface area contributed by atoms with Crippen molar-refractivity contribution in [1.82, 2.24) is 0 Å². The van der Waals surface area contributed by atoms with Gasteiger partial charge in [0.25, 0.3) is 11.8 Å². The Morgan fingerprint density at radius 1 is 0.694 bits per heavy atom. The van der Waals surface area contributed by atoms with Crippen LogP contribution in [0.15, 0.2) is 103 Å². The molecule has 6 heteroatoms. The molecule has 4 aromatic rings. The van der Waals surface area contributed by atoms with Crippen molar-refractivity contribution < 1.29 is 14.3 Å². The molecular formula is C30H29N3O3. The summed E-state index contributed by atoms with van der Waals surface area (Å²) in [5.74, 6) is 0.377. The summed E-state index contributed by atoms with van der Waals surface area (Å²) in [6, 6.07) is 31.2. The molecule has 6 nitrogen and oxygen atoms in total. The molecule has 0 fully saturated rings. The highest BCUT2D eigenvalue weighted by Gasteiger charge is 2.15. The monoisotopic (exact) mass is 479 g/mol. The van der Waals surface area contributed by atoms with E-state index in [1.807, 2.05) is 60.7 Å². The van der Waals surface area contributed by atoms with Gasteiger partial charge in [-0.3, -0.25) is 9.59 Å². The lowest BCUT2D eigenvalue weighted by atomic mass is 10.1. The molecule has 0 unspecified atom stereocenters. The Kier molecular flexibility index (Phi) is 7.98. The molecule has 0 saturated heterocycles. The van der Waals surface area contributed by atoms with Crippen molar-refractivity contribution in [3.05, 3.63) is 114 Å². The van der Waals surface area contributed by atoms with Crippen molar-refractivity contribution in [3.63, 3.8) is 0 Å². The van der Waals surface area contributed by atoms with Gasteiger partial charge in [0, 0.05) is 22.6 Å². The maximum Gasteiger partial charge on any atom is 0.257 e. The normalized spacial score (nSPS) is 10.5. The van der Waals surface area contributed by atoms with E-state index in [0.717, 1.165) is 11.4 Å². The number of carbonyl (C=O) groups is 2. The molecule has 4 rings (SSSR count). The molecule has 36 heavy (non-hydrogen) atoms. The predicted octanol–water partition coefficient (Wildman–Crippen LogP) is 6.97. The topological polar surface area (TPSA) is 79.5 Å². The van der Waals surface area contributed by atoms with Gasteiger partial charge in [-0.1, -0.05) is 50.2 Å². The van der Waals surface area contributed by atoms with Gasteiger partial charge in [0.1, 0.15) is 5.75 Å². The standard InChI is InChI=1S/C30H29N3O3/c1-21(2)20-36-26-12-8-9-22(19-26)29(34)33-28-14-7-6-13-27(28)30(35)32-25-17-15-24(16-18-25)31-23-10-4-3-5-11-23/h3-19,21,31H,20H2,1-2H3,(H,32,35)(H,33,34). The van der Waals surface area contributed by atoms with Crippen LogP contribution in [0.4, 0.5) is 22.7 Å². The van der Waals surface area contributed by atoms with E-state index in [2.05, 4.69) is 29.8 Å². The second-order valence-electron chi connectivity index (χ2n) is 8.75. The molecule has 0 saturated carbocycles. The molecule has 0 aliphatic rings. The Morgan fingerprint density at radius 3 is 2.11 bits per heavy atom. The molecule has 0 aromatic heterocycles. The molecule has 0 radical (unpaired) electrons. The average Bonchev–Trinajstić information content (AvgIpc) is 2.89. The minimum absolute atomic E-state index is 0.316. The van der Waals surface area contributed by atoms with Gasteiger partial charge in [0.15, 0.2) is 0 Å². The predicted molar refractivity (Wildman–Crippen MR) is 145 cm³/mol. The van der Waals surface area contributed by atoms with Gasteiger partial charge in [-0.2, -0.15) is 0 Å². The average molecular weight is 480 g/mol. The Morgan fingerprint density at radius 2 is 1.36 bits per heavy atom. The number of anilines is 4. The minimum Gasteiger partial charge on any atom is -0.493 e. The molecule has 3 N–H and O–H groups in total. The molecule has 0 aliphatic carbocycles. The third-order valence-corrected chi connectivity index (χ3v) is 5.30. The maximum atomic E-state index is 13.0. The fraction of sp³-hybridized carbons (Fsp3) is 0.133. The van der Waals surface area contributed by atoms with Gasteiger partial charge >= 0.3 is 0 Å².